The SMILES string of the molecule is CC(C)CN1CCC(CNC(=O)c2cnn3c(O)cc(-c4ccc(F)cc4F)nc23)CC1. The summed E-state index contributed by atoms with van der Waals surface area (Å²) in [6.45, 7) is 8.11. The lowest BCUT2D eigenvalue weighted by Gasteiger charge is -2.33. The third-order valence-corrected chi connectivity index (χ3v) is 5.79. The lowest BCUT2D eigenvalue weighted by molar-refractivity contribution is 0.0936. The van der Waals surface area contributed by atoms with Crippen LogP contribution in [0.3, 0.4) is 0 Å². The molecule has 1 aliphatic rings. The van der Waals surface area contributed by atoms with Crippen LogP contribution in [0, 0.1) is 23.5 Å². The van der Waals surface area contributed by atoms with Gasteiger partial charge in [-0.2, -0.15) is 9.61 Å². The Kier molecular flexibility index (Phi) is 6.36. The second kappa shape index (κ2) is 9.20. The minimum absolute atomic E-state index is 0.0184. The summed E-state index contributed by atoms with van der Waals surface area (Å²) in [5, 5.41) is 17.3. The van der Waals surface area contributed by atoms with Gasteiger partial charge in [-0.1, -0.05) is 13.8 Å². The number of nitrogens with zero attached hydrogens (tertiary/aromatic N) is 4. The maximum absolute atomic E-state index is 14.2. The van der Waals surface area contributed by atoms with E-state index in [1.165, 1.54) is 18.3 Å². The molecule has 32 heavy (non-hydrogen) atoms. The van der Waals surface area contributed by atoms with E-state index in [-0.39, 0.29) is 34.3 Å². The molecule has 9 heteroatoms. The normalized spacial score (nSPS) is 15.5. The molecule has 3 heterocycles. The van der Waals surface area contributed by atoms with Gasteiger partial charge >= 0.3 is 0 Å². The van der Waals surface area contributed by atoms with Crippen LogP contribution in [-0.2, 0) is 0 Å². The van der Waals surface area contributed by atoms with Crippen molar-refractivity contribution in [3.63, 3.8) is 0 Å². The number of halogens is 2. The van der Waals surface area contributed by atoms with Gasteiger partial charge in [0.2, 0.25) is 5.88 Å². The monoisotopic (exact) mass is 443 g/mol. The summed E-state index contributed by atoms with van der Waals surface area (Å²) >= 11 is 0. The van der Waals surface area contributed by atoms with Crippen LogP contribution in [0.5, 0.6) is 5.88 Å². The third kappa shape index (κ3) is 4.72. The van der Waals surface area contributed by atoms with E-state index in [0.29, 0.717) is 18.4 Å². The number of rotatable bonds is 6. The largest absolute Gasteiger partial charge is 0.493 e. The molecule has 0 unspecified atom stereocenters. The zero-order chi connectivity index (χ0) is 22.8. The van der Waals surface area contributed by atoms with Gasteiger partial charge in [-0.15, -0.1) is 0 Å². The number of fused-ring (bicyclic) bond motifs is 1. The number of hydrogen-bond donors (Lipinski definition) is 2. The fraction of sp³-hybridized carbons (Fsp3) is 0.435. The average Bonchev–Trinajstić information content (AvgIpc) is 3.17. The summed E-state index contributed by atoms with van der Waals surface area (Å²) < 4.78 is 28.6. The fourth-order valence-electron chi connectivity index (χ4n) is 4.16. The first-order valence-corrected chi connectivity index (χ1v) is 10.9. The molecule has 0 atom stereocenters. The van der Waals surface area contributed by atoms with Crippen molar-refractivity contribution in [2.75, 3.05) is 26.2 Å². The molecule has 1 aliphatic heterocycles. The fourth-order valence-corrected chi connectivity index (χ4v) is 4.16. The van der Waals surface area contributed by atoms with Crippen LogP contribution in [0.2, 0.25) is 0 Å². The molecular weight excluding hydrogens is 416 g/mol. The van der Waals surface area contributed by atoms with Crippen LogP contribution in [0.1, 0.15) is 37.0 Å². The summed E-state index contributed by atoms with van der Waals surface area (Å²) in [7, 11) is 0. The molecule has 1 amide bonds. The summed E-state index contributed by atoms with van der Waals surface area (Å²) in [4.78, 5) is 19.6. The summed E-state index contributed by atoms with van der Waals surface area (Å²) in [5.41, 5.74) is 0.388. The highest BCUT2D eigenvalue weighted by atomic mass is 19.1. The van der Waals surface area contributed by atoms with Crippen molar-refractivity contribution >= 4 is 11.6 Å². The highest BCUT2D eigenvalue weighted by Gasteiger charge is 2.22. The van der Waals surface area contributed by atoms with E-state index in [9.17, 15) is 18.7 Å². The number of carbonyl (C=O) groups excluding carboxylic acids is 1. The second-order valence-corrected chi connectivity index (χ2v) is 8.77. The van der Waals surface area contributed by atoms with E-state index in [1.54, 1.807) is 0 Å². The molecule has 0 aliphatic carbocycles. The number of nitrogens with one attached hydrogen (secondary N) is 1. The third-order valence-electron chi connectivity index (χ3n) is 5.79. The van der Waals surface area contributed by atoms with Gasteiger partial charge in [0.15, 0.2) is 5.65 Å². The number of carbonyl (C=O) groups is 1. The Labute approximate surface area is 185 Å². The van der Waals surface area contributed by atoms with Crippen LogP contribution >= 0.6 is 0 Å². The first-order valence-electron chi connectivity index (χ1n) is 10.9. The van der Waals surface area contributed by atoms with Crippen LogP contribution in [0.15, 0.2) is 30.5 Å². The van der Waals surface area contributed by atoms with E-state index in [2.05, 4.69) is 34.1 Å². The number of aromatic nitrogens is 3. The number of hydrogen-bond acceptors (Lipinski definition) is 5. The van der Waals surface area contributed by atoms with Gasteiger partial charge in [0, 0.05) is 30.8 Å². The first kappa shape index (κ1) is 22.1. The lowest BCUT2D eigenvalue weighted by Crippen LogP contribution is -2.40. The molecule has 1 saturated heterocycles. The Balaban J connectivity index is 1.48. The van der Waals surface area contributed by atoms with Gasteiger partial charge in [-0.25, -0.2) is 13.8 Å². The molecule has 3 aromatic rings. The second-order valence-electron chi connectivity index (χ2n) is 8.77. The van der Waals surface area contributed by atoms with Crippen molar-refractivity contribution in [2.24, 2.45) is 11.8 Å². The molecule has 0 saturated carbocycles. The molecule has 0 spiro atoms. The highest BCUT2D eigenvalue weighted by molar-refractivity contribution is 6.00. The maximum Gasteiger partial charge on any atom is 0.256 e. The van der Waals surface area contributed by atoms with Crippen molar-refractivity contribution in [1.29, 1.82) is 0 Å². The van der Waals surface area contributed by atoms with Crippen LogP contribution < -0.4 is 5.32 Å². The minimum atomic E-state index is -0.810. The zero-order valence-corrected chi connectivity index (χ0v) is 18.2. The van der Waals surface area contributed by atoms with E-state index >= 15 is 0 Å². The van der Waals surface area contributed by atoms with E-state index in [0.717, 1.165) is 49.1 Å². The predicted molar refractivity (Wildman–Crippen MR) is 116 cm³/mol. The molecule has 0 bridgehead atoms. The molecule has 7 nitrogen and oxygen atoms in total. The number of piperidine rings is 1. The molecule has 0 radical (unpaired) electrons. The molecule has 2 aromatic heterocycles. The molecule has 1 aromatic carbocycles. The van der Waals surface area contributed by atoms with E-state index in [4.69, 9.17) is 0 Å². The van der Waals surface area contributed by atoms with E-state index < -0.39 is 11.6 Å². The smallest absolute Gasteiger partial charge is 0.256 e. The average molecular weight is 443 g/mol. The van der Waals surface area contributed by atoms with Crippen molar-refractivity contribution in [2.45, 2.75) is 26.7 Å². The predicted octanol–water partition coefficient (Wildman–Crippen LogP) is 3.48. The Bertz CT molecular complexity index is 1120. The standard InChI is InChI=1S/C23H27F2N5O2/c1-14(2)13-29-7-5-15(6-8-29)11-26-23(32)18-12-27-30-21(31)10-20(28-22(18)30)17-4-3-16(24)9-19(17)25/h3-4,9-10,12,14-15,31H,5-8,11,13H2,1-2H3,(H,26,32). The van der Waals surface area contributed by atoms with Gasteiger partial charge in [0.1, 0.15) is 17.2 Å². The van der Waals surface area contributed by atoms with Gasteiger partial charge in [0.25, 0.3) is 5.91 Å². The van der Waals surface area contributed by atoms with Gasteiger partial charge in [-0.3, -0.25) is 4.79 Å². The Hall–Kier alpha value is -3.07. The molecular formula is C23H27F2N5O2. The van der Waals surface area contributed by atoms with Crippen molar-refractivity contribution < 1.29 is 18.7 Å². The Morgan fingerprint density at radius 2 is 2.00 bits per heavy atom. The van der Waals surface area contributed by atoms with Gasteiger partial charge < -0.3 is 15.3 Å². The Morgan fingerprint density at radius 3 is 2.69 bits per heavy atom. The summed E-state index contributed by atoms with van der Waals surface area (Å²) in [6.07, 6.45) is 3.37. The summed E-state index contributed by atoms with van der Waals surface area (Å²) in [6, 6.07) is 4.32. The molecule has 2 N–H and O–H groups in total. The maximum atomic E-state index is 14.2. The highest BCUT2D eigenvalue weighted by Crippen LogP contribution is 2.27. The lowest BCUT2D eigenvalue weighted by atomic mass is 9.96. The zero-order valence-electron chi connectivity index (χ0n) is 18.2. The van der Waals surface area contributed by atoms with Crippen LogP contribution in [-0.4, -0.2) is 56.7 Å². The van der Waals surface area contributed by atoms with Gasteiger partial charge in [-0.05, 0) is 49.9 Å². The van der Waals surface area contributed by atoms with Crippen LogP contribution in [0.4, 0.5) is 8.78 Å². The van der Waals surface area contributed by atoms with Crippen molar-refractivity contribution in [3.05, 3.63) is 47.7 Å². The van der Waals surface area contributed by atoms with Crippen molar-refractivity contribution in [1.82, 2.24) is 24.8 Å². The first-order chi connectivity index (χ1) is 15.3. The number of likely N-dealkylation sites (tertiary alicyclic amines) is 1. The van der Waals surface area contributed by atoms with Crippen molar-refractivity contribution in [3.8, 4) is 17.1 Å². The minimum Gasteiger partial charge on any atom is -0.493 e. The number of benzene rings is 1. The number of aromatic hydroxyl groups is 1. The molecule has 170 valence electrons. The quantitative estimate of drug-likeness (QED) is 0.610. The molecule has 1 fully saturated rings. The Morgan fingerprint density at radius 1 is 1.25 bits per heavy atom. The van der Waals surface area contributed by atoms with E-state index in [1.807, 2.05) is 0 Å². The van der Waals surface area contributed by atoms with Crippen LogP contribution in [0.25, 0.3) is 16.9 Å². The summed E-state index contributed by atoms with van der Waals surface area (Å²) in [5.74, 6) is -1.14. The molecule has 4 rings (SSSR count). The topological polar surface area (TPSA) is 82.8 Å². The number of amides is 1. The van der Waals surface area contributed by atoms with Gasteiger partial charge in [0.05, 0.1) is 11.9 Å².